The molecular formula is C24H30ClN11. The minimum Gasteiger partial charge on any atom is -0.368 e. The molecule has 0 atom stereocenters. The number of piperazine rings is 1. The predicted molar refractivity (Wildman–Crippen MR) is 143 cm³/mol. The Morgan fingerprint density at radius 3 is 2.53 bits per heavy atom. The number of nitrogens with zero attached hydrogens (tertiary/aromatic N) is 7. The SMILES string of the molecule is CN1CC(N2CCN(c3cc(C=N)cc(Nc4nc(NC5CC5)c5ncc(C=N)n5n4)c3Cl)CC2)C1. The summed E-state index contributed by atoms with van der Waals surface area (Å²) < 4.78 is 1.61. The smallest absolute Gasteiger partial charge is 0.247 e. The largest absolute Gasteiger partial charge is 0.368 e. The standard InChI is InChI=1S/C24H30ClN11/c1-33-13-18(14-33)34-4-6-35(7-5-34)20-9-15(10-26)8-19(21(20)25)30-24-31-22(29-16-2-3-16)23-28-12-17(11-27)36(23)32-24/h8-12,16,18,26-27H,2-7,13-14H2,1H3,(H2,29,30,31,32). The van der Waals surface area contributed by atoms with Crippen LogP contribution in [0.5, 0.6) is 0 Å². The molecule has 1 saturated carbocycles. The molecule has 36 heavy (non-hydrogen) atoms. The van der Waals surface area contributed by atoms with Crippen LogP contribution in [0.15, 0.2) is 18.3 Å². The van der Waals surface area contributed by atoms with E-state index < -0.39 is 0 Å². The summed E-state index contributed by atoms with van der Waals surface area (Å²) in [7, 11) is 2.16. The molecular weight excluding hydrogens is 478 g/mol. The van der Waals surface area contributed by atoms with E-state index in [1.807, 2.05) is 12.1 Å². The highest BCUT2D eigenvalue weighted by molar-refractivity contribution is 6.36. The first-order chi connectivity index (χ1) is 17.5. The van der Waals surface area contributed by atoms with Gasteiger partial charge in [0, 0.05) is 63.8 Å². The van der Waals surface area contributed by atoms with E-state index in [-0.39, 0.29) is 0 Å². The number of likely N-dealkylation sites (N-methyl/N-ethyl adjacent to an activating group) is 1. The van der Waals surface area contributed by atoms with Crippen LogP contribution >= 0.6 is 11.6 Å². The van der Waals surface area contributed by atoms with E-state index in [1.165, 1.54) is 12.4 Å². The Morgan fingerprint density at radius 1 is 1.08 bits per heavy atom. The van der Waals surface area contributed by atoms with Gasteiger partial charge in [0.2, 0.25) is 5.95 Å². The summed E-state index contributed by atoms with van der Waals surface area (Å²) in [5, 5.41) is 27.5. The number of hydrogen-bond acceptors (Lipinski definition) is 10. The first-order valence-corrected chi connectivity index (χ1v) is 12.7. The van der Waals surface area contributed by atoms with Crippen LogP contribution in [0.25, 0.3) is 5.65 Å². The lowest BCUT2D eigenvalue weighted by Gasteiger charge is -2.47. The molecule has 1 aliphatic carbocycles. The summed E-state index contributed by atoms with van der Waals surface area (Å²) in [4.78, 5) is 16.3. The Morgan fingerprint density at radius 2 is 1.86 bits per heavy atom. The first kappa shape index (κ1) is 23.1. The molecule has 1 aromatic carbocycles. The quantitative estimate of drug-likeness (QED) is 0.343. The molecule has 2 aliphatic heterocycles. The van der Waals surface area contributed by atoms with Crippen molar-refractivity contribution in [2.75, 3.05) is 61.8 Å². The molecule has 0 bridgehead atoms. The zero-order chi connectivity index (χ0) is 24.8. The lowest BCUT2D eigenvalue weighted by atomic mass is 10.1. The third-order valence-corrected chi connectivity index (χ3v) is 7.56. The van der Waals surface area contributed by atoms with Crippen LogP contribution < -0.4 is 15.5 Å². The minimum atomic E-state index is 0.348. The predicted octanol–water partition coefficient (Wildman–Crippen LogP) is 2.53. The molecule has 6 rings (SSSR count). The molecule has 12 heteroatoms. The Labute approximate surface area is 214 Å². The van der Waals surface area contributed by atoms with Gasteiger partial charge in [0.25, 0.3) is 0 Å². The number of rotatable bonds is 8. The molecule has 0 unspecified atom stereocenters. The number of hydrogen-bond donors (Lipinski definition) is 4. The summed E-state index contributed by atoms with van der Waals surface area (Å²) >= 11 is 6.94. The molecule has 4 N–H and O–H groups in total. The van der Waals surface area contributed by atoms with Crippen molar-refractivity contribution < 1.29 is 0 Å². The molecule has 0 radical (unpaired) electrons. The first-order valence-electron chi connectivity index (χ1n) is 12.3. The van der Waals surface area contributed by atoms with Crippen molar-refractivity contribution >= 4 is 52.8 Å². The van der Waals surface area contributed by atoms with E-state index in [2.05, 4.69) is 47.4 Å². The van der Waals surface area contributed by atoms with Crippen molar-refractivity contribution in [3.8, 4) is 0 Å². The van der Waals surface area contributed by atoms with Gasteiger partial charge in [0.1, 0.15) is 5.69 Å². The van der Waals surface area contributed by atoms with Gasteiger partial charge in [-0.3, -0.25) is 4.90 Å². The van der Waals surface area contributed by atoms with Crippen molar-refractivity contribution in [1.82, 2.24) is 29.4 Å². The van der Waals surface area contributed by atoms with Crippen LogP contribution in [0.4, 0.5) is 23.1 Å². The summed E-state index contributed by atoms with van der Waals surface area (Å²) in [5.41, 5.74) is 3.45. The number of halogens is 1. The van der Waals surface area contributed by atoms with Gasteiger partial charge in [0.05, 0.1) is 22.6 Å². The zero-order valence-electron chi connectivity index (χ0n) is 20.2. The number of anilines is 4. The third-order valence-electron chi connectivity index (χ3n) is 7.16. The Balaban J connectivity index is 1.28. The van der Waals surface area contributed by atoms with Gasteiger partial charge in [-0.2, -0.15) is 4.98 Å². The lowest BCUT2D eigenvalue weighted by Crippen LogP contribution is -2.62. The van der Waals surface area contributed by atoms with Gasteiger partial charge in [-0.1, -0.05) is 11.6 Å². The highest BCUT2D eigenvalue weighted by Gasteiger charge is 2.32. The highest BCUT2D eigenvalue weighted by atomic mass is 35.5. The van der Waals surface area contributed by atoms with Crippen molar-refractivity contribution in [3.05, 3.63) is 34.6 Å². The van der Waals surface area contributed by atoms with E-state index in [0.29, 0.717) is 45.9 Å². The maximum absolute atomic E-state index is 7.89. The number of fused-ring (bicyclic) bond motifs is 1. The van der Waals surface area contributed by atoms with Gasteiger partial charge in [0.15, 0.2) is 11.5 Å². The van der Waals surface area contributed by atoms with Gasteiger partial charge in [-0.15, -0.1) is 5.10 Å². The Hall–Kier alpha value is -3.28. The second kappa shape index (κ2) is 9.30. The van der Waals surface area contributed by atoms with Crippen molar-refractivity contribution in [3.63, 3.8) is 0 Å². The van der Waals surface area contributed by atoms with E-state index in [9.17, 15) is 0 Å². The molecule has 11 nitrogen and oxygen atoms in total. The van der Waals surface area contributed by atoms with E-state index in [4.69, 9.17) is 22.4 Å². The summed E-state index contributed by atoms with van der Waals surface area (Å²) in [6.07, 6.45) is 6.36. The van der Waals surface area contributed by atoms with Crippen molar-refractivity contribution in [2.45, 2.75) is 24.9 Å². The van der Waals surface area contributed by atoms with Gasteiger partial charge in [-0.05, 0) is 37.6 Å². The van der Waals surface area contributed by atoms with Crippen LogP contribution in [-0.2, 0) is 0 Å². The second-order valence-electron chi connectivity index (χ2n) is 9.83. The molecule has 4 heterocycles. The maximum atomic E-state index is 7.89. The number of nitrogens with one attached hydrogen (secondary N) is 4. The molecule has 3 aromatic rings. The average molecular weight is 508 g/mol. The van der Waals surface area contributed by atoms with Crippen LogP contribution in [0.1, 0.15) is 24.1 Å². The number of likely N-dealkylation sites (tertiary alicyclic amines) is 1. The molecule has 3 fully saturated rings. The highest BCUT2D eigenvalue weighted by Crippen LogP contribution is 2.36. The molecule has 0 amide bonds. The Bertz CT molecular complexity index is 1300. The maximum Gasteiger partial charge on any atom is 0.247 e. The fraction of sp³-hybridized carbons (Fsp3) is 0.458. The summed E-state index contributed by atoms with van der Waals surface area (Å²) in [5.74, 6) is 0.973. The summed E-state index contributed by atoms with van der Waals surface area (Å²) in [6.45, 7) is 6.03. The monoisotopic (exact) mass is 507 g/mol. The van der Waals surface area contributed by atoms with Crippen molar-refractivity contribution in [2.24, 2.45) is 0 Å². The summed E-state index contributed by atoms with van der Waals surface area (Å²) in [6, 6.07) is 4.84. The number of imidazole rings is 1. The number of benzene rings is 1. The molecule has 2 aromatic heterocycles. The molecule has 3 aliphatic rings. The van der Waals surface area contributed by atoms with E-state index in [0.717, 1.165) is 63.4 Å². The van der Waals surface area contributed by atoms with Crippen LogP contribution in [0, 0.1) is 10.8 Å². The molecule has 0 spiro atoms. The fourth-order valence-electron chi connectivity index (χ4n) is 4.95. The van der Waals surface area contributed by atoms with Crippen LogP contribution in [-0.4, -0.2) is 100 Å². The van der Waals surface area contributed by atoms with Gasteiger partial charge < -0.3 is 31.3 Å². The minimum absolute atomic E-state index is 0.348. The fourth-order valence-corrected chi connectivity index (χ4v) is 5.22. The molecule has 188 valence electrons. The topological polar surface area (TPSA) is 125 Å². The van der Waals surface area contributed by atoms with Gasteiger partial charge in [-0.25, -0.2) is 9.50 Å². The van der Waals surface area contributed by atoms with Crippen molar-refractivity contribution in [1.29, 1.82) is 10.8 Å². The average Bonchev–Trinajstić information content (AvgIpc) is 3.59. The Kier molecular flexibility index (Phi) is 5.98. The van der Waals surface area contributed by atoms with Crippen LogP contribution in [0.2, 0.25) is 5.02 Å². The van der Waals surface area contributed by atoms with E-state index in [1.54, 1.807) is 10.7 Å². The van der Waals surface area contributed by atoms with Crippen LogP contribution in [0.3, 0.4) is 0 Å². The van der Waals surface area contributed by atoms with E-state index >= 15 is 0 Å². The normalized spacial score (nSPS) is 19.3. The van der Waals surface area contributed by atoms with Gasteiger partial charge >= 0.3 is 0 Å². The third kappa shape index (κ3) is 4.38. The zero-order valence-corrected chi connectivity index (χ0v) is 21.0. The molecule has 2 saturated heterocycles. The number of aromatic nitrogens is 4. The lowest BCUT2D eigenvalue weighted by molar-refractivity contribution is 0.0488. The second-order valence-corrected chi connectivity index (χ2v) is 10.2.